The number of hydrogen-bond acceptors (Lipinski definition) is 6. The lowest BCUT2D eigenvalue weighted by Gasteiger charge is -2.25. The molecule has 2 aliphatic rings. The molecule has 0 bridgehead atoms. The molecule has 0 radical (unpaired) electrons. The van der Waals surface area contributed by atoms with Crippen molar-refractivity contribution in [3.05, 3.63) is 35.9 Å². The highest BCUT2D eigenvalue weighted by Crippen LogP contribution is 2.19. The molecule has 0 saturated carbocycles. The van der Waals surface area contributed by atoms with Crippen molar-refractivity contribution in [3.8, 4) is 0 Å². The monoisotopic (exact) mass is 474 g/mol. The maximum atomic E-state index is 12.7. The first-order valence-corrected chi connectivity index (χ1v) is 11.4. The van der Waals surface area contributed by atoms with Gasteiger partial charge in [-0.2, -0.15) is 0 Å². The van der Waals surface area contributed by atoms with Crippen LogP contribution in [0.5, 0.6) is 0 Å². The number of likely N-dealkylation sites (tertiary alicyclic amines) is 2. The zero-order valence-corrected chi connectivity index (χ0v) is 19.1. The van der Waals surface area contributed by atoms with Crippen LogP contribution in [0.15, 0.2) is 30.3 Å². The number of carboxylic acid groups (broad SMARTS) is 1. The minimum Gasteiger partial charge on any atom is -0.480 e. The molecule has 2 fully saturated rings. The summed E-state index contributed by atoms with van der Waals surface area (Å²) in [5.41, 5.74) is 0.833. The van der Waals surface area contributed by atoms with Crippen LogP contribution in [0.1, 0.15) is 38.2 Å². The summed E-state index contributed by atoms with van der Waals surface area (Å²) >= 11 is 0. The van der Waals surface area contributed by atoms with Gasteiger partial charge in [0.1, 0.15) is 24.7 Å². The molecule has 3 N–H and O–H groups in total. The first-order valence-electron chi connectivity index (χ1n) is 11.4. The SMILES string of the molecule is CC(NC(=O)[C@@H]1CCCN1C(=O)OCc1ccccc1)C(=O)NCC(=O)N1CCC[C@H]1C(=O)O. The van der Waals surface area contributed by atoms with Crippen LogP contribution in [0, 0.1) is 0 Å². The lowest BCUT2D eigenvalue weighted by Crippen LogP contribution is -2.53. The van der Waals surface area contributed by atoms with Crippen molar-refractivity contribution in [1.82, 2.24) is 20.4 Å². The third-order valence-corrected chi connectivity index (χ3v) is 6.02. The van der Waals surface area contributed by atoms with E-state index in [1.807, 2.05) is 30.3 Å². The summed E-state index contributed by atoms with van der Waals surface area (Å²) < 4.78 is 5.33. The Labute approximate surface area is 197 Å². The smallest absolute Gasteiger partial charge is 0.410 e. The number of carbonyl (C=O) groups is 5. The van der Waals surface area contributed by atoms with E-state index in [2.05, 4.69) is 10.6 Å². The van der Waals surface area contributed by atoms with E-state index in [9.17, 15) is 29.1 Å². The number of amides is 4. The predicted molar refractivity (Wildman–Crippen MR) is 119 cm³/mol. The number of benzene rings is 1. The van der Waals surface area contributed by atoms with Crippen LogP contribution in [0.4, 0.5) is 4.79 Å². The summed E-state index contributed by atoms with van der Waals surface area (Å²) in [5.74, 6) is -2.61. The van der Waals surface area contributed by atoms with Crippen LogP contribution < -0.4 is 10.6 Å². The molecular weight excluding hydrogens is 444 g/mol. The largest absolute Gasteiger partial charge is 0.480 e. The van der Waals surface area contributed by atoms with Gasteiger partial charge in [0.05, 0.1) is 6.54 Å². The fourth-order valence-corrected chi connectivity index (χ4v) is 4.17. The Hall–Kier alpha value is -3.63. The van der Waals surface area contributed by atoms with Crippen LogP contribution in [0.25, 0.3) is 0 Å². The number of rotatable bonds is 8. The van der Waals surface area contributed by atoms with Crippen LogP contribution in [0.2, 0.25) is 0 Å². The predicted octanol–water partition coefficient (Wildman–Crippen LogP) is 0.484. The molecule has 11 heteroatoms. The molecule has 2 saturated heterocycles. The molecule has 1 aromatic carbocycles. The zero-order chi connectivity index (χ0) is 24.7. The second kappa shape index (κ2) is 11.5. The average molecular weight is 475 g/mol. The minimum absolute atomic E-state index is 0.0943. The Kier molecular flexibility index (Phi) is 8.44. The lowest BCUT2D eigenvalue weighted by atomic mass is 10.2. The van der Waals surface area contributed by atoms with Gasteiger partial charge >= 0.3 is 12.1 Å². The third kappa shape index (κ3) is 6.24. The average Bonchev–Trinajstić information content (AvgIpc) is 3.51. The fourth-order valence-electron chi connectivity index (χ4n) is 4.17. The van der Waals surface area contributed by atoms with E-state index < -0.39 is 47.9 Å². The van der Waals surface area contributed by atoms with E-state index in [1.165, 1.54) is 16.7 Å². The van der Waals surface area contributed by atoms with Gasteiger partial charge < -0.3 is 25.4 Å². The first-order chi connectivity index (χ1) is 16.3. The molecule has 0 aliphatic carbocycles. The quantitative estimate of drug-likeness (QED) is 0.497. The van der Waals surface area contributed by atoms with E-state index in [-0.39, 0.29) is 13.2 Å². The molecular formula is C23H30N4O7. The summed E-state index contributed by atoms with van der Waals surface area (Å²) in [4.78, 5) is 63.7. The van der Waals surface area contributed by atoms with Crippen molar-refractivity contribution in [2.45, 2.75) is 57.3 Å². The van der Waals surface area contributed by atoms with Gasteiger partial charge in [-0.15, -0.1) is 0 Å². The second-order valence-electron chi connectivity index (χ2n) is 8.42. The van der Waals surface area contributed by atoms with Gasteiger partial charge in [0, 0.05) is 13.1 Å². The van der Waals surface area contributed by atoms with Gasteiger partial charge in [0.15, 0.2) is 0 Å². The Bertz CT molecular complexity index is 923. The molecule has 34 heavy (non-hydrogen) atoms. The molecule has 0 aromatic heterocycles. The number of aliphatic carboxylic acids is 1. The zero-order valence-electron chi connectivity index (χ0n) is 19.1. The molecule has 3 atom stereocenters. The molecule has 4 amide bonds. The molecule has 11 nitrogen and oxygen atoms in total. The van der Waals surface area contributed by atoms with E-state index in [0.29, 0.717) is 38.8 Å². The van der Waals surface area contributed by atoms with Crippen LogP contribution >= 0.6 is 0 Å². The summed E-state index contributed by atoms with van der Waals surface area (Å²) in [6.45, 7) is 1.92. The highest BCUT2D eigenvalue weighted by atomic mass is 16.6. The molecule has 0 spiro atoms. The highest BCUT2D eigenvalue weighted by molar-refractivity contribution is 5.93. The summed E-state index contributed by atoms with van der Waals surface area (Å²) in [7, 11) is 0. The lowest BCUT2D eigenvalue weighted by molar-refractivity contribution is -0.148. The van der Waals surface area contributed by atoms with Gasteiger partial charge in [-0.1, -0.05) is 30.3 Å². The molecule has 3 rings (SSSR count). The first kappa shape index (κ1) is 25.0. The van der Waals surface area contributed by atoms with Crippen LogP contribution in [-0.2, 0) is 30.5 Å². The van der Waals surface area contributed by atoms with E-state index in [1.54, 1.807) is 0 Å². The number of carboxylic acids is 1. The summed E-state index contributed by atoms with van der Waals surface area (Å²) in [6, 6.07) is 6.62. The topological polar surface area (TPSA) is 145 Å². The molecule has 184 valence electrons. The number of hydrogen-bond donors (Lipinski definition) is 3. The number of nitrogens with zero attached hydrogens (tertiary/aromatic N) is 2. The highest BCUT2D eigenvalue weighted by Gasteiger charge is 2.37. The Morgan fingerprint density at radius 3 is 2.35 bits per heavy atom. The van der Waals surface area contributed by atoms with Crippen molar-refractivity contribution >= 4 is 29.8 Å². The number of carbonyl (C=O) groups excluding carboxylic acids is 4. The number of ether oxygens (including phenoxy) is 1. The van der Waals surface area contributed by atoms with Gasteiger partial charge in [-0.25, -0.2) is 9.59 Å². The summed E-state index contributed by atoms with van der Waals surface area (Å²) in [6.07, 6.45) is 1.46. The molecule has 1 aromatic rings. The minimum atomic E-state index is -1.07. The maximum Gasteiger partial charge on any atom is 0.410 e. The van der Waals surface area contributed by atoms with Crippen molar-refractivity contribution in [2.75, 3.05) is 19.6 Å². The normalized spacial score (nSPS) is 20.5. The van der Waals surface area contributed by atoms with Crippen LogP contribution in [0.3, 0.4) is 0 Å². The third-order valence-electron chi connectivity index (χ3n) is 6.02. The standard InChI is InChI=1S/C23H30N4O7/c1-15(20(29)24-13-19(28)26-11-6-10-18(26)22(31)32)25-21(30)17-9-5-12-27(17)23(33)34-14-16-7-3-2-4-8-16/h2-4,7-8,15,17-18H,5-6,9-14H2,1H3,(H,24,29)(H,25,30)(H,31,32)/t15?,17-,18-/m0/s1. The van der Waals surface area contributed by atoms with E-state index in [0.717, 1.165) is 5.56 Å². The van der Waals surface area contributed by atoms with Crippen molar-refractivity contribution in [2.24, 2.45) is 0 Å². The van der Waals surface area contributed by atoms with Gasteiger partial charge in [-0.05, 0) is 38.2 Å². The van der Waals surface area contributed by atoms with Gasteiger partial charge in [0.25, 0.3) is 0 Å². The van der Waals surface area contributed by atoms with Gasteiger partial charge in [-0.3, -0.25) is 19.3 Å². The van der Waals surface area contributed by atoms with Gasteiger partial charge in [0.2, 0.25) is 17.7 Å². The van der Waals surface area contributed by atoms with Crippen molar-refractivity contribution in [1.29, 1.82) is 0 Å². The maximum absolute atomic E-state index is 12.7. The molecule has 2 aliphatic heterocycles. The number of nitrogens with one attached hydrogen (secondary N) is 2. The Balaban J connectivity index is 1.46. The van der Waals surface area contributed by atoms with Crippen molar-refractivity contribution in [3.63, 3.8) is 0 Å². The summed E-state index contributed by atoms with van der Waals surface area (Å²) in [5, 5.41) is 14.2. The second-order valence-corrected chi connectivity index (χ2v) is 8.42. The van der Waals surface area contributed by atoms with Crippen molar-refractivity contribution < 1.29 is 33.8 Å². The van der Waals surface area contributed by atoms with E-state index >= 15 is 0 Å². The van der Waals surface area contributed by atoms with Crippen LogP contribution in [-0.4, -0.2) is 82.5 Å². The molecule has 1 unspecified atom stereocenters. The fraction of sp³-hybridized carbons (Fsp3) is 0.522. The Morgan fingerprint density at radius 2 is 1.68 bits per heavy atom. The Morgan fingerprint density at radius 1 is 1.03 bits per heavy atom. The van der Waals surface area contributed by atoms with E-state index in [4.69, 9.17) is 4.74 Å². The molecule has 2 heterocycles.